The van der Waals surface area contributed by atoms with E-state index in [9.17, 15) is 9.18 Å². The van der Waals surface area contributed by atoms with Gasteiger partial charge in [0.05, 0.1) is 17.0 Å². The summed E-state index contributed by atoms with van der Waals surface area (Å²) in [5.41, 5.74) is 9.37. The van der Waals surface area contributed by atoms with Crippen LogP contribution in [0.2, 0.25) is 0 Å². The minimum absolute atomic E-state index is 0.0592. The van der Waals surface area contributed by atoms with Crippen molar-refractivity contribution in [3.63, 3.8) is 0 Å². The van der Waals surface area contributed by atoms with Crippen LogP contribution >= 0.6 is 0 Å². The Morgan fingerprint density at radius 1 is 1.03 bits per heavy atom. The number of pyridine rings is 1. The van der Waals surface area contributed by atoms with Gasteiger partial charge in [0.15, 0.2) is 0 Å². The molecule has 2 heterocycles. The van der Waals surface area contributed by atoms with Crippen LogP contribution in [0.25, 0.3) is 22.5 Å². The number of aromatic nitrogens is 3. The van der Waals surface area contributed by atoms with E-state index in [0.29, 0.717) is 5.56 Å². The third-order valence-electron chi connectivity index (χ3n) is 4.51. The van der Waals surface area contributed by atoms with Gasteiger partial charge in [-0.3, -0.25) is 9.48 Å². The first-order valence-corrected chi connectivity index (χ1v) is 8.95. The largest absolute Gasteiger partial charge is 0.383 e. The minimum Gasteiger partial charge on any atom is -0.383 e. The van der Waals surface area contributed by atoms with Crippen LogP contribution in [0.4, 0.5) is 16.0 Å². The first-order chi connectivity index (χ1) is 14.0. The molecule has 0 radical (unpaired) electrons. The second-order valence-corrected chi connectivity index (χ2v) is 6.47. The molecule has 0 aliphatic heterocycles. The van der Waals surface area contributed by atoms with Gasteiger partial charge in [-0.1, -0.05) is 42.5 Å². The normalized spacial score (nSPS) is 10.7. The predicted octanol–water partition coefficient (Wildman–Crippen LogP) is 4.12. The Kier molecular flexibility index (Phi) is 4.78. The topological polar surface area (TPSA) is 85.8 Å². The number of nitrogens with zero attached hydrogens (tertiary/aromatic N) is 3. The Bertz CT molecular complexity index is 1190. The van der Waals surface area contributed by atoms with E-state index >= 15 is 0 Å². The molecule has 0 bridgehead atoms. The van der Waals surface area contributed by atoms with Crippen LogP contribution in [-0.2, 0) is 7.05 Å². The van der Waals surface area contributed by atoms with Gasteiger partial charge in [0, 0.05) is 18.2 Å². The molecular weight excluding hydrogens is 369 g/mol. The Morgan fingerprint density at radius 2 is 1.76 bits per heavy atom. The van der Waals surface area contributed by atoms with Gasteiger partial charge in [0.1, 0.15) is 17.5 Å². The summed E-state index contributed by atoms with van der Waals surface area (Å²) in [6, 6.07) is 20.9. The smallest absolute Gasteiger partial charge is 0.259 e. The van der Waals surface area contributed by atoms with Crippen molar-refractivity contribution in [1.82, 2.24) is 14.8 Å². The van der Waals surface area contributed by atoms with Gasteiger partial charge in [-0.25, -0.2) is 9.37 Å². The lowest BCUT2D eigenvalue weighted by atomic mass is 10.1. The molecule has 0 aliphatic rings. The van der Waals surface area contributed by atoms with Crippen molar-refractivity contribution >= 4 is 17.5 Å². The summed E-state index contributed by atoms with van der Waals surface area (Å²) in [6.07, 6.45) is 0. The molecule has 2 aromatic carbocycles. The number of nitrogens with one attached hydrogen (secondary N) is 1. The highest BCUT2D eigenvalue weighted by Gasteiger charge is 2.15. The van der Waals surface area contributed by atoms with Crippen LogP contribution < -0.4 is 11.1 Å². The molecule has 1 amide bonds. The van der Waals surface area contributed by atoms with Crippen LogP contribution in [0, 0.1) is 5.82 Å². The van der Waals surface area contributed by atoms with E-state index in [1.165, 1.54) is 18.2 Å². The SMILES string of the molecule is Cn1nc(-c2ccccc2)cc1-c1ccc(NC(=O)c2ccccc2F)nc1N. The number of nitrogen functional groups attached to an aromatic ring is 1. The monoisotopic (exact) mass is 387 g/mol. The van der Waals surface area contributed by atoms with Gasteiger partial charge >= 0.3 is 0 Å². The summed E-state index contributed by atoms with van der Waals surface area (Å²) < 4.78 is 15.5. The lowest BCUT2D eigenvalue weighted by molar-refractivity contribution is 0.102. The lowest BCUT2D eigenvalue weighted by Gasteiger charge is -2.09. The number of nitrogens with two attached hydrogens (primary N) is 1. The molecule has 2 aromatic heterocycles. The van der Waals surface area contributed by atoms with Crippen molar-refractivity contribution in [3.8, 4) is 22.5 Å². The quantitative estimate of drug-likeness (QED) is 0.551. The van der Waals surface area contributed by atoms with Crippen molar-refractivity contribution in [3.05, 3.63) is 84.2 Å². The van der Waals surface area contributed by atoms with Crippen molar-refractivity contribution in [1.29, 1.82) is 0 Å². The molecule has 0 saturated carbocycles. The molecule has 0 aliphatic carbocycles. The second-order valence-electron chi connectivity index (χ2n) is 6.47. The summed E-state index contributed by atoms with van der Waals surface area (Å²) in [4.78, 5) is 16.5. The molecule has 0 unspecified atom stereocenters. The Balaban J connectivity index is 1.61. The van der Waals surface area contributed by atoms with E-state index in [1.54, 1.807) is 22.9 Å². The second kappa shape index (κ2) is 7.55. The summed E-state index contributed by atoms with van der Waals surface area (Å²) in [7, 11) is 1.83. The van der Waals surface area contributed by atoms with E-state index in [-0.39, 0.29) is 17.2 Å². The molecule has 3 N–H and O–H groups in total. The molecule has 29 heavy (non-hydrogen) atoms. The zero-order valence-electron chi connectivity index (χ0n) is 15.6. The third-order valence-corrected chi connectivity index (χ3v) is 4.51. The third kappa shape index (κ3) is 3.70. The number of amides is 1. The maximum absolute atomic E-state index is 13.8. The predicted molar refractivity (Wildman–Crippen MR) is 111 cm³/mol. The number of carbonyl (C=O) groups excluding carboxylic acids is 1. The van der Waals surface area contributed by atoms with E-state index < -0.39 is 11.7 Å². The van der Waals surface area contributed by atoms with E-state index in [1.807, 2.05) is 43.4 Å². The molecule has 4 aromatic rings. The zero-order valence-corrected chi connectivity index (χ0v) is 15.6. The van der Waals surface area contributed by atoms with E-state index in [4.69, 9.17) is 5.73 Å². The van der Waals surface area contributed by atoms with Gasteiger partial charge in [0.2, 0.25) is 0 Å². The van der Waals surface area contributed by atoms with Gasteiger partial charge < -0.3 is 11.1 Å². The molecular formula is C22H18FN5O. The number of aryl methyl sites for hydroxylation is 1. The molecule has 0 atom stereocenters. The summed E-state index contributed by atoms with van der Waals surface area (Å²) in [5.74, 6) is -0.712. The van der Waals surface area contributed by atoms with Crippen LogP contribution in [-0.4, -0.2) is 20.7 Å². The number of benzene rings is 2. The highest BCUT2D eigenvalue weighted by atomic mass is 19.1. The van der Waals surface area contributed by atoms with Gasteiger partial charge in [-0.05, 0) is 30.3 Å². The average molecular weight is 387 g/mol. The van der Waals surface area contributed by atoms with Gasteiger partial charge in [-0.15, -0.1) is 0 Å². The molecule has 0 saturated heterocycles. The number of halogens is 1. The van der Waals surface area contributed by atoms with Gasteiger partial charge in [-0.2, -0.15) is 5.10 Å². The first kappa shape index (κ1) is 18.4. The fourth-order valence-corrected chi connectivity index (χ4v) is 3.06. The molecule has 6 nitrogen and oxygen atoms in total. The number of anilines is 2. The van der Waals surface area contributed by atoms with Crippen LogP contribution in [0.5, 0.6) is 0 Å². The van der Waals surface area contributed by atoms with Crippen molar-refractivity contribution in [2.45, 2.75) is 0 Å². The Morgan fingerprint density at radius 3 is 2.48 bits per heavy atom. The highest BCUT2D eigenvalue weighted by Crippen LogP contribution is 2.29. The highest BCUT2D eigenvalue weighted by molar-refractivity contribution is 6.04. The maximum Gasteiger partial charge on any atom is 0.259 e. The number of rotatable bonds is 4. The van der Waals surface area contributed by atoms with Crippen molar-refractivity contribution < 1.29 is 9.18 Å². The zero-order chi connectivity index (χ0) is 20.4. The number of hydrogen-bond acceptors (Lipinski definition) is 4. The van der Waals surface area contributed by atoms with Crippen LogP contribution in [0.1, 0.15) is 10.4 Å². The molecule has 0 fully saturated rings. The number of carbonyl (C=O) groups is 1. The van der Waals surface area contributed by atoms with Gasteiger partial charge in [0.25, 0.3) is 5.91 Å². The van der Waals surface area contributed by atoms with E-state index in [0.717, 1.165) is 17.0 Å². The van der Waals surface area contributed by atoms with Crippen molar-refractivity contribution in [2.75, 3.05) is 11.1 Å². The van der Waals surface area contributed by atoms with Crippen LogP contribution in [0.3, 0.4) is 0 Å². The standard InChI is InChI=1S/C22H18FN5O/c1-28-19(13-18(27-28)14-7-3-2-4-8-14)16-11-12-20(25-21(16)24)26-22(29)15-9-5-6-10-17(15)23/h2-13H,1H3,(H3,24,25,26,29). The number of hydrogen-bond donors (Lipinski definition) is 2. The molecule has 144 valence electrons. The minimum atomic E-state index is -0.599. The Labute approximate surface area is 166 Å². The average Bonchev–Trinajstić information content (AvgIpc) is 3.10. The lowest BCUT2D eigenvalue weighted by Crippen LogP contribution is -2.15. The maximum atomic E-state index is 13.8. The molecule has 4 rings (SSSR count). The summed E-state index contributed by atoms with van der Waals surface area (Å²) >= 11 is 0. The van der Waals surface area contributed by atoms with Crippen LogP contribution in [0.15, 0.2) is 72.8 Å². The summed E-state index contributed by atoms with van der Waals surface area (Å²) in [5, 5.41) is 7.11. The first-order valence-electron chi connectivity index (χ1n) is 8.95. The molecule has 0 spiro atoms. The van der Waals surface area contributed by atoms with E-state index in [2.05, 4.69) is 15.4 Å². The fourth-order valence-electron chi connectivity index (χ4n) is 3.06. The summed E-state index contributed by atoms with van der Waals surface area (Å²) in [6.45, 7) is 0. The Hall–Kier alpha value is -4.00. The fraction of sp³-hybridized carbons (Fsp3) is 0.0455. The molecule has 7 heteroatoms. The van der Waals surface area contributed by atoms with Crippen molar-refractivity contribution in [2.24, 2.45) is 7.05 Å².